The molecule has 0 bridgehead atoms. The van der Waals surface area contributed by atoms with Crippen molar-refractivity contribution in [2.45, 2.75) is 0 Å². The van der Waals surface area contributed by atoms with Crippen molar-refractivity contribution in [3.63, 3.8) is 0 Å². The van der Waals surface area contributed by atoms with E-state index in [4.69, 9.17) is 5.73 Å². The van der Waals surface area contributed by atoms with Crippen molar-refractivity contribution in [1.29, 1.82) is 0 Å². The standard InChI is InChI=1S/C16H14N4O/c17-13-3-1-2-12(8-13)16(21)20-14-6-4-11(5-7-14)15-9-18-10-19-15/h1-10H,17H2,(H,18,19)(H,20,21). The molecule has 5 nitrogen and oxygen atoms in total. The van der Waals surface area contributed by atoms with Gasteiger partial charge in [0.15, 0.2) is 0 Å². The molecule has 0 spiro atoms. The fraction of sp³-hybridized carbons (Fsp3) is 0. The van der Waals surface area contributed by atoms with E-state index in [1.807, 2.05) is 24.3 Å². The largest absolute Gasteiger partial charge is 0.399 e. The lowest BCUT2D eigenvalue weighted by molar-refractivity contribution is 0.102. The average molecular weight is 278 g/mol. The predicted molar refractivity (Wildman–Crippen MR) is 82.8 cm³/mol. The van der Waals surface area contributed by atoms with E-state index in [1.165, 1.54) is 0 Å². The van der Waals surface area contributed by atoms with Gasteiger partial charge in [-0.1, -0.05) is 18.2 Å². The monoisotopic (exact) mass is 278 g/mol. The summed E-state index contributed by atoms with van der Waals surface area (Å²) in [6.07, 6.45) is 3.38. The van der Waals surface area contributed by atoms with Crippen molar-refractivity contribution in [3.8, 4) is 11.3 Å². The number of nitrogens with zero attached hydrogens (tertiary/aromatic N) is 1. The van der Waals surface area contributed by atoms with Gasteiger partial charge in [0.25, 0.3) is 5.91 Å². The van der Waals surface area contributed by atoms with Crippen LogP contribution in [0.3, 0.4) is 0 Å². The van der Waals surface area contributed by atoms with Crippen molar-refractivity contribution < 1.29 is 4.79 Å². The smallest absolute Gasteiger partial charge is 0.255 e. The first-order valence-electron chi connectivity index (χ1n) is 6.48. The molecule has 1 amide bonds. The molecule has 0 saturated heterocycles. The maximum absolute atomic E-state index is 12.1. The summed E-state index contributed by atoms with van der Waals surface area (Å²) in [4.78, 5) is 19.1. The van der Waals surface area contributed by atoms with Crippen molar-refractivity contribution in [2.24, 2.45) is 0 Å². The zero-order valence-corrected chi connectivity index (χ0v) is 11.2. The number of aromatic amines is 1. The first-order chi connectivity index (χ1) is 10.2. The van der Waals surface area contributed by atoms with Gasteiger partial charge in [-0.25, -0.2) is 4.98 Å². The molecule has 0 aliphatic carbocycles. The minimum atomic E-state index is -0.184. The number of nitrogens with one attached hydrogen (secondary N) is 2. The Morgan fingerprint density at radius 3 is 2.62 bits per heavy atom. The number of anilines is 2. The lowest BCUT2D eigenvalue weighted by atomic mass is 10.1. The molecule has 0 saturated carbocycles. The summed E-state index contributed by atoms with van der Waals surface area (Å²) in [6.45, 7) is 0. The number of aromatic nitrogens is 2. The topological polar surface area (TPSA) is 83.8 Å². The molecule has 4 N–H and O–H groups in total. The number of amides is 1. The van der Waals surface area contributed by atoms with E-state index in [0.717, 1.165) is 16.9 Å². The number of nitrogens with two attached hydrogens (primary N) is 1. The quantitative estimate of drug-likeness (QED) is 0.644. The van der Waals surface area contributed by atoms with Crippen LogP contribution in [-0.4, -0.2) is 15.9 Å². The lowest BCUT2D eigenvalue weighted by Crippen LogP contribution is -2.11. The van der Waals surface area contributed by atoms with Crippen molar-refractivity contribution in [2.75, 3.05) is 11.1 Å². The van der Waals surface area contributed by atoms with Gasteiger partial charge in [-0.2, -0.15) is 0 Å². The first kappa shape index (κ1) is 12.9. The zero-order valence-electron chi connectivity index (χ0n) is 11.2. The zero-order chi connectivity index (χ0) is 14.7. The van der Waals surface area contributed by atoms with Crippen LogP contribution in [-0.2, 0) is 0 Å². The summed E-state index contributed by atoms with van der Waals surface area (Å²) < 4.78 is 0. The summed E-state index contributed by atoms with van der Waals surface area (Å²) in [7, 11) is 0. The number of carbonyl (C=O) groups excluding carboxylic acids is 1. The minimum Gasteiger partial charge on any atom is -0.399 e. The third-order valence-corrected chi connectivity index (χ3v) is 3.10. The second-order valence-electron chi connectivity index (χ2n) is 4.62. The normalized spacial score (nSPS) is 10.3. The maximum Gasteiger partial charge on any atom is 0.255 e. The van der Waals surface area contributed by atoms with E-state index in [9.17, 15) is 4.79 Å². The van der Waals surface area contributed by atoms with Gasteiger partial charge in [-0.3, -0.25) is 4.79 Å². The molecular weight excluding hydrogens is 264 g/mol. The van der Waals surface area contributed by atoms with Gasteiger partial charge in [0, 0.05) is 16.9 Å². The Morgan fingerprint density at radius 2 is 1.95 bits per heavy atom. The number of H-pyrrole nitrogens is 1. The molecule has 1 aromatic heterocycles. The lowest BCUT2D eigenvalue weighted by Gasteiger charge is -2.06. The fourth-order valence-electron chi connectivity index (χ4n) is 2.03. The van der Waals surface area contributed by atoms with Gasteiger partial charge in [0.05, 0.1) is 18.2 Å². The second-order valence-corrected chi connectivity index (χ2v) is 4.62. The van der Waals surface area contributed by atoms with Crippen molar-refractivity contribution >= 4 is 17.3 Å². The number of rotatable bonds is 3. The third-order valence-electron chi connectivity index (χ3n) is 3.10. The van der Waals surface area contributed by atoms with Crippen molar-refractivity contribution in [3.05, 3.63) is 66.6 Å². The number of hydrogen-bond donors (Lipinski definition) is 3. The summed E-state index contributed by atoms with van der Waals surface area (Å²) in [5.41, 5.74) is 9.45. The van der Waals surface area contributed by atoms with E-state index in [-0.39, 0.29) is 5.91 Å². The Kier molecular flexibility index (Phi) is 3.39. The SMILES string of the molecule is Nc1cccc(C(=O)Nc2ccc(-c3cnc[nH]3)cc2)c1. The molecule has 104 valence electrons. The summed E-state index contributed by atoms with van der Waals surface area (Å²) in [6, 6.07) is 14.4. The molecule has 0 unspecified atom stereocenters. The van der Waals surface area contributed by atoms with Crippen LogP contribution in [0.5, 0.6) is 0 Å². The highest BCUT2D eigenvalue weighted by atomic mass is 16.1. The summed E-state index contributed by atoms with van der Waals surface area (Å²) in [5.74, 6) is -0.184. The molecule has 0 radical (unpaired) electrons. The number of nitrogen functional groups attached to an aromatic ring is 1. The molecule has 0 aliphatic heterocycles. The molecule has 0 fully saturated rings. The maximum atomic E-state index is 12.1. The van der Waals surface area contributed by atoms with Gasteiger partial charge in [-0.05, 0) is 35.9 Å². The highest BCUT2D eigenvalue weighted by Crippen LogP contribution is 2.19. The Balaban J connectivity index is 1.75. The molecule has 0 aliphatic rings. The van der Waals surface area contributed by atoms with Crippen LogP contribution in [0.1, 0.15) is 10.4 Å². The van der Waals surface area contributed by atoms with E-state index < -0.39 is 0 Å². The molecule has 5 heteroatoms. The molecule has 2 aromatic carbocycles. The van der Waals surface area contributed by atoms with Gasteiger partial charge in [0.2, 0.25) is 0 Å². The van der Waals surface area contributed by atoms with Gasteiger partial charge in [0.1, 0.15) is 0 Å². The Bertz CT molecular complexity index is 748. The van der Waals surface area contributed by atoms with E-state index in [1.54, 1.807) is 36.8 Å². The number of benzene rings is 2. The van der Waals surface area contributed by atoms with Crippen LogP contribution in [0.2, 0.25) is 0 Å². The van der Waals surface area contributed by atoms with Crippen LogP contribution in [0.4, 0.5) is 11.4 Å². The molecule has 3 rings (SSSR count). The minimum absolute atomic E-state index is 0.184. The highest BCUT2D eigenvalue weighted by molar-refractivity contribution is 6.04. The Morgan fingerprint density at radius 1 is 1.14 bits per heavy atom. The number of carbonyl (C=O) groups is 1. The molecule has 3 aromatic rings. The molecule has 1 heterocycles. The predicted octanol–water partition coefficient (Wildman–Crippen LogP) is 2.91. The van der Waals surface area contributed by atoms with Gasteiger partial charge >= 0.3 is 0 Å². The fourth-order valence-corrected chi connectivity index (χ4v) is 2.03. The van der Waals surface area contributed by atoms with E-state index in [2.05, 4.69) is 15.3 Å². The molecule has 0 atom stereocenters. The third kappa shape index (κ3) is 2.92. The van der Waals surface area contributed by atoms with Gasteiger partial charge < -0.3 is 16.0 Å². The first-order valence-corrected chi connectivity index (χ1v) is 6.48. The van der Waals surface area contributed by atoms with E-state index >= 15 is 0 Å². The van der Waals surface area contributed by atoms with Crippen LogP contribution in [0, 0.1) is 0 Å². The summed E-state index contributed by atoms with van der Waals surface area (Å²) >= 11 is 0. The summed E-state index contributed by atoms with van der Waals surface area (Å²) in [5, 5.41) is 2.84. The van der Waals surface area contributed by atoms with Crippen molar-refractivity contribution in [1.82, 2.24) is 9.97 Å². The Hall–Kier alpha value is -3.08. The highest BCUT2D eigenvalue weighted by Gasteiger charge is 2.06. The number of imidazole rings is 1. The second kappa shape index (κ2) is 5.50. The Labute approximate surface area is 121 Å². The van der Waals surface area contributed by atoms with Crippen LogP contribution >= 0.6 is 0 Å². The van der Waals surface area contributed by atoms with Crippen LogP contribution in [0.25, 0.3) is 11.3 Å². The number of hydrogen-bond acceptors (Lipinski definition) is 3. The van der Waals surface area contributed by atoms with E-state index in [0.29, 0.717) is 11.3 Å². The van der Waals surface area contributed by atoms with Crippen LogP contribution in [0.15, 0.2) is 61.1 Å². The van der Waals surface area contributed by atoms with Gasteiger partial charge in [-0.15, -0.1) is 0 Å². The van der Waals surface area contributed by atoms with Crippen LogP contribution < -0.4 is 11.1 Å². The average Bonchev–Trinajstić information content (AvgIpc) is 3.02. The molecule has 21 heavy (non-hydrogen) atoms. The molecular formula is C16H14N4O.